The molecule has 0 aliphatic heterocycles. The third-order valence-electron chi connectivity index (χ3n) is 3.79. The summed E-state index contributed by atoms with van der Waals surface area (Å²) in [6.45, 7) is 0.201. The molecule has 1 saturated carbocycles. The summed E-state index contributed by atoms with van der Waals surface area (Å²) in [7, 11) is 0. The van der Waals surface area contributed by atoms with Crippen LogP contribution in [0.15, 0.2) is 18.2 Å². The quantitative estimate of drug-likeness (QED) is 0.649. The van der Waals surface area contributed by atoms with E-state index in [4.69, 9.17) is 5.73 Å². The smallest absolute Gasteiger partial charge is 0.227 e. The van der Waals surface area contributed by atoms with Crippen LogP contribution in [0.2, 0.25) is 0 Å². The molecule has 0 radical (unpaired) electrons. The van der Waals surface area contributed by atoms with E-state index in [1.807, 2.05) is 0 Å². The summed E-state index contributed by atoms with van der Waals surface area (Å²) in [5.41, 5.74) is 6.38. The topological polar surface area (TPSA) is 55.1 Å². The van der Waals surface area contributed by atoms with Crippen LogP contribution in [-0.2, 0) is 4.79 Å². The van der Waals surface area contributed by atoms with Gasteiger partial charge in [0.25, 0.3) is 0 Å². The molecule has 0 spiro atoms. The molecule has 1 amide bonds. The highest BCUT2D eigenvalue weighted by molar-refractivity contribution is 5.93. The molecule has 1 aliphatic rings. The van der Waals surface area contributed by atoms with Crippen LogP contribution in [0.3, 0.4) is 0 Å². The number of benzene rings is 1. The molecule has 112 valence electrons. The van der Waals surface area contributed by atoms with Gasteiger partial charge in [-0.05, 0) is 31.0 Å². The maximum absolute atomic E-state index is 13.3. The third kappa shape index (κ3) is 4.57. The molecule has 2 rings (SSSR count). The molecule has 1 aromatic rings. The first kappa shape index (κ1) is 15.5. The Morgan fingerprint density at radius 1 is 1.29 bits per heavy atom. The fourth-order valence-corrected chi connectivity index (χ4v) is 2.65. The number of hydrogen-bond donors (Lipinski definition) is 2. The maximum Gasteiger partial charge on any atom is 0.227 e. The lowest BCUT2D eigenvalue weighted by Crippen LogP contribution is -2.22. The van der Waals surface area contributed by atoms with Gasteiger partial charge in [0.05, 0.1) is 17.8 Å². The molecule has 1 aliphatic carbocycles. The molecular formula is C17H21FN2O. The van der Waals surface area contributed by atoms with Crippen molar-refractivity contribution in [2.75, 3.05) is 11.9 Å². The van der Waals surface area contributed by atoms with Crippen molar-refractivity contribution in [2.24, 2.45) is 11.7 Å². The Labute approximate surface area is 125 Å². The van der Waals surface area contributed by atoms with E-state index < -0.39 is 0 Å². The standard InChI is InChI=1S/C17H21FN2O/c18-15-9-10-16(14(12-15)8-5-11-19)20-17(21)13-6-3-1-2-4-7-13/h9-10,12-13H,1-4,6-7,11,19H2,(H,20,21). The van der Waals surface area contributed by atoms with Crippen LogP contribution in [0.25, 0.3) is 0 Å². The molecule has 21 heavy (non-hydrogen) atoms. The van der Waals surface area contributed by atoms with Gasteiger partial charge >= 0.3 is 0 Å². The van der Waals surface area contributed by atoms with Gasteiger partial charge in [0, 0.05) is 5.92 Å². The maximum atomic E-state index is 13.3. The highest BCUT2D eigenvalue weighted by atomic mass is 19.1. The Balaban J connectivity index is 2.12. The molecule has 0 aromatic heterocycles. The zero-order valence-corrected chi connectivity index (χ0v) is 12.1. The summed E-state index contributed by atoms with van der Waals surface area (Å²) >= 11 is 0. The van der Waals surface area contributed by atoms with Crippen LogP contribution in [0.4, 0.5) is 10.1 Å². The van der Waals surface area contributed by atoms with E-state index >= 15 is 0 Å². The van der Waals surface area contributed by atoms with Crippen molar-refractivity contribution in [3.63, 3.8) is 0 Å². The van der Waals surface area contributed by atoms with Crippen molar-refractivity contribution < 1.29 is 9.18 Å². The highest BCUT2D eigenvalue weighted by Crippen LogP contribution is 2.25. The van der Waals surface area contributed by atoms with Crippen molar-refractivity contribution in [1.29, 1.82) is 0 Å². The number of carbonyl (C=O) groups excluding carboxylic acids is 1. The lowest BCUT2D eigenvalue weighted by molar-refractivity contribution is -0.120. The van der Waals surface area contributed by atoms with Crippen LogP contribution in [0.5, 0.6) is 0 Å². The number of carbonyl (C=O) groups is 1. The molecule has 0 atom stereocenters. The Morgan fingerprint density at radius 2 is 2.00 bits per heavy atom. The molecule has 0 saturated heterocycles. The average molecular weight is 288 g/mol. The largest absolute Gasteiger partial charge is 0.325 e. The van der Waals surface area contributed by atoms with Gasteiger partial charge in [0.1, 0.15) is 5.82 Å². The second kappa shape index (κ2) is 7.80. The Hall–Kier alpha value is -1.86. The van der Waals surface area contributed by atoms with Crippen molar-refractivity contribution in [3.8, 4) is 11.8 Å². The van der Waals surface area contributed by atoms with Gasteiger partial charge in [0.2, 0.25) is 5.91 Å². The minimum atomic E-state index is -0.371. The Morgan fingerprint density at radius 3 is 2.67 bits per heavy atom. The van der Waals surface area contributed by atoms with Gasteiger partial charge in [-0.15, -0.1) is 0 Å². The van der Waals surface area contributed by atoms with Gasteiger partial charge in [-0.2, -0.15) is 0 Å². The molecular weight excluding hydrogens is 267 g/mol. The SMILES string of the molecule is NCC#Cc1cc(F)ccc1NC(=O)C1CCCCCC1. The summed E-state index contributed by atoms with van der Waals surface area (Å²) < 4.78 is 13.3. The first-order valence-electron chi connectivity index (χ1n) is 7.50. The van der Waals surface area contributed by atoms with Crippen molar-refractivity contribution >= 4 is 11.6 Å². The lowest BCUT2D eigenvalue weighted by atomic mass is 9.99. The molecule has 0 heterocycles. The minimum Gasteiger partial charge on any atom is -0.325 e. The summed E-state index contributed by atoms with van der Waals surface area (Å²) in [5, 5.41) is 2.90. The van der Waals surface area contributed by atoms with Gasteiger partial charge < -0.3 is 11.1 Å². The fraction of sp³-hybridized carbons (Fsp3) is 0.471. The van der Waals surface area contributed by atoms with Crippen LogP contribution < -0.4 is 11.1 Å². The van der Waals surface area contributed by atoms with Gasteiger partial charge in [-0.25, -0.2) is 4.39 Å². The van der Waals surface area contributed by atoms with E-state index in [0.29, 0.717) is 11.3 Å². The summed E-state index contributed by atoms with van der Waals surface area (Å²) in [4.78, 5) is 12.4. The normalized spacial score (nSPS) is 15.7. The second-order valence-corrected chi connectivity index (χ2v) is 5.37. The van der Waals surface area contributed by atoms with Gasteiger partial charge in [0.15, 0.2) is 0 Å². The van der Waals surface area contributed by atoms with Gasteiger partial charge in [-0.3, -0.25) is 4.79 Å². The summed E-state index contributed by atoms with van der Waals surface area (Å²) in [6, 6.07) is 4.21. The van der Waals surface area contributed by atoms with E-state index in [1.165, 1.54) is 25.0 Å². The second-order valence-electron chi connectivity index (χ2n) is 5.37. The van der Waals surface area contributed by atoms with Gasteiger partial charge in [-0.1, -0.05) is 37.5 Å². The zero-order valence-electron chi connectivity index (χ0n) is 12.1. The average Bonchev–Trinajstić information content (AvgIpc) is 2.76. The Bertz CT molecular complexity index is 552. The molecule has 0 bridgehead atoms. The number of anilines is 1. The van der Waals surface area contributed by atoms with E-state index in [2.05, 4.69) is 17.2 Å². The van der Waals surface area contributed by atoms with Crippen LogP contribution in [0.1, 0.15) is 44.1 Å². The fourth-order valence-electron chi connectivity index (χ4n) is 2.65. The molecule has 1 aromatic carbocycles. The molecule has 3 N–H and O–H groups in total. The van der Waals surface area contributed by atoms with Crippen molar-refractivity contribution in [1.82, 2.24) is 0 Å². The predicted molar refractivity (Wildman–Crippen MR) is 82.2 cm³/mol. The van der Waals surface area contributed by atoms with Crippen molar-refractivity contribution in [3.05, 3.63) is 29.6 Å². The number of nitrogens with two attached hydrogens (primary N) is 1. The summed E-state index contributed by atoms with van der Waals surface area (Å²) in [5.74, 6) is 5.19. The number of halogens is 1. The Kier molecular flexibility index (Phi) is 5.77. The van der Waals surface area contributed by atoms with Crippen LogP contribution >= 0.6 is 0 Å². The first-order chi connectivity index (χ1) is 10.2. The molecule has 1 fully saturated rings. The van der Waals surface area contributed by atoms with E-state index in [9.17, 15) is 9.18 Å². The van der Waals surface area contributed by atoms with E-state index in [1.54, 1.807) is 6.07 Å². The zero-order chi connectivity index (χ0) is 15.1. The first-order valence-corrected chi connectivity index (χ1v) is 7.50. The molecule has 0 unspecified atom stereocenters. The minimum absolute atomic E-state index is 0.0132. The van der Waals surface area contributed by atoms with Crippen LogP contribution in [0, 0.1) is 23.6 Å². The monoisotopic (exact) mass is 288 g/mol. The third-order valence-corrected chi connectivity index (χ3v) is 3.79. The number of amides is 1. The van der Waals surface area contributed by atoms with E-state index in [0.717, 1.165) is 25.7 Å². The highest BCUT2D eigenvalue weighted by Gasteiger charge is 2.20. The van der Waals surface area contributed by atoms with E-state index in [-0.39, 0.29) is 24.2 Å². The number of hydrogen-bond acceptors (Lipinski definition) is 2. The number of rotatable bonds is 2. The van der Waals surface area contributed by atoms with Crippen LogP contribution in [-0.4, -0.2) is 12.5 Å². The number of nitrogens with one attached hydrogen (secondary N) is 1. The lowest BCUT2D eigenvalue weighted by Gasteiger charge is -2.15. The summed E-state index contributed by atoms with van der Waals surface area (Å²) in [6.07, 6.45) is 6.46. The molecule has 4 heteroatoms. The molecule has 3 nitrogen and oxygen atoms in total. The predicted octanol–water partition coefficient (Wildman–Crippen LogP) is 3.04. The van der Waals surface area contributed by atoms with Crippen molar-refractivity contribution in [2.45, 2.75) is 38.5 Å².